The third-order valence-electron chi connectivity index (χ3n) is 0.549. The summed E-state index contributed by atoms with van der Waals surface area (Å²) >= 11 is 0. The van der Waals surface area contributed by atoms with Gasteiger partial charge >= 0.3 is 0 Å². The molecule has 1 amide bonds. The van der Waals surface area contributed by atoms with Gasteiger partial charge < -0.3 is 4.52 Å². The summed E-state index contributed by atoms with van der Waals surface area (Å²) < 4.78 is 4.28. The molecular weight excluding hydrogens is 110 g/mol. The number of carbonyl (C=O) groups is 1. The highest BCUT2D eigenvalue weighted by Gasteiger charge is 1.89. The fourth-order valence-corrected chi connectivity index (χ4v) is 0.287. The lowest BCUT2D eigenvalue weighted by Crippen LogP contribution is -1.94. The van der Waals surface area contributed by atoms with Gasteiger partial charge in [-0.25, -0.2) is 0 Å². The summed E-state index contributed by atoms with van der Waals surface area (Å²) in [4.78, 5) is 13.1. The van der Waals surface area contributed by atoms with Crippen molar-refractivity contribution in [2.75, 3.05) is 5.32 Å². The molecule has 1 heterocycles. The number of anilines is 1. The second-order valence-electron chi connectivity index (χ2n) is 1.02. The van der Waals surface area contributed by atoms with Gasteiger partial charge in [-0.2, -0.15) is 4.98 Å². The SMILES string of the molecule is O=CNc1ncon1. The molecule has 0 aliphatic rings. The quantitative estimate of drug-likeness (QED) is 0.531. The molecule has 0 fully saturated rings. The smallest absolute Gasteiger partial charge is 0.269 e. The molecule has 0 saturated heterocycles. The van der Waals surface area contributed by atoms with Gasteiger partial charge in [0.15, 0.2) is 0 Å². The Bertz CT molecular complexity index is 159. The highest BCUT2D eigenvalue weighted by molar-refractivity contribution is 5.65. The Morgan fingerprint density at radius 1 is 1.88 bits per heavy atom. The van der Waals surface area contributed by atoms with Crippen molar-refractivity contribution in [3.63, 3.8) is 0 Å². The van der Waals surface area contributed by atoms with Crippen LogP contribution in [0.5, 0.6) is 0 Å². The van der Waals surface area contributed by atoms with E-state index >= 15 is 0 Å². The highest BCUT2D eigenvalue weighted by atomic mass is 16.5. The van der Waals surface area contributed by atoms with E-state index in [1.165, 1.54) is 0 Å². The fourth-order valence-electron chi connectivity index (χ4n) is 0.287. The number of nitrogens with one attached hydrogen (secondary N) is 1. The van der Waals surface area contributed by atoms with Crippen LogP contribution in [0.1, 0.15) is 0 Å². The molecule has 0 bridgehead atoms. The molecule has 1 rings (SSSR count). The predicted octanol–water partition coefficient (Wildman–Crippen LogP) is -0.362. The van der Waals surface area contributed by atoms with Crippen LogP contribution in [0.25, 0.3) is 0 Å². The highest BCUT2D eigenvalue weighted by Crippen LogP contribution is 1.89. The molecule has 1 aromatic heterocycles. The van der Waals surface area contributed by atoms with Crippen LogP contribution < -0.4 is 5.32 Å². The lowest BCUT2D eigenvalue weighted by molar-refractivity contribution is -0.105. The van der Waals surface area contributed by atoms with Gasteiger partial charge in [-0.15, -0.1) is 0 Å². The number of aromatic nitrogens is 2. The molecule has 0 aliphatic heterocycles. The minimum Gasteiger partial charge on any atom is -0.341 e. The van der Waals surface area contributed by atoms with Gasteiger partial charge in [-0.05, 0) is 5.16 Å². The van der Waals surface area contributed by atoms with Gasteiger partial charge in [-0.3, -0.25) is 10.1 Å². The first-order chi connectivity index (χ1) is 3.93. The summed E-state index contributed by atoms with van der Waals surface area (Å²) in [7, 11) is 0. The number of hydrogen-bond donors (Lipinski definition) is 1. The van der Waals surface area contributed by atoms with E-state index < -0.39 is 0 Å². The van der Waals surface area contributed by atoms with E-state index in [4.69, 9.17) is 0 Å². The van der Waals surface area contributed by atoms with Crippen molar-refractivity contribution in [2.45, 2.75) is 0 Å². The predicted molar refractivity (Wildman–Crippen MR) is 24.0 cm³/mol. The van der Waals surface area contributed by atoms with Gasteiger partial charge in [0.2, 0.25) is 12.8 Å². The van der Waals surface area contributed by atoms with Crippen molar-refractivity contribution in [1.29, 1.82) is 0 Å². The van der Waals surface area contributed by atoms with Gasteiger partial charge in [0.25, 0.3) is 5.95 Å². The minimum absolute atomic E-state index is 0.181. The summed E-state index contributed by atoms with van der Waals surface area (Å²) in [6.07, 6.45) is 1.61. The monoisotopic (exact) mass is 113 g/mol. The molecule has 0 radical (unpaired) electrons. The zero-order chi connectivity index (χ0) is 5.82. The Kier molecular flexibility index (Phi) is 1.23. The van der Waals surface area contributed by atoms with Crippen molar-refractivity contribution in [2.24, 2.45) is 0 Å². The van der Waals surface area contributed by atoms with Crippen LogP contribution in [-0.2, 0) is 4.79 Å². The van der Waals surface area contributed by atoms with Crippen LogP contribution in [0.15, 0.2) is 10.9 Å². The van der Waals surface area contributed by atoms with Crippen molar-refractivity contribution in [1.82, 2.24) is 10.1 Å². The van der Waals surface area contributed by atoms with E-state index in [-0.39, 0.29) is 5.95 Å². The Hall–Kier alpha value is -1.39. The number of rotatable bonds is 2. The Balaban J connectivity index is 2.62. The first-order valence-corrected chi connectivity index (χ1v) is 1.90. The minimum atomic E-state index is 0.181. The number of amides is 1. The number of hydrogen-bond acceptors (Lipinski definition) is 4. The molecule has 0 atom stereocenters. The first kappa shape index (κ1) is 4.76. The zero-order valence-electron chi connectivity index (χ0n) is 3.87. The normalized spacial score (nSPS) is 8.50. The van der Waals surface area contributed by atoms with Crippen LogP contribution in [0, 0.1) is 0 Å². The van der Waals surface area contributed by atoms with Crippen molar-refractivity contribution < 1.29 is 9.32 Å². The number of nitrogens with zero attached hydrogens (tertiary/aromatic N) is 2. The molecule has 5 nitrogen and oxygen atoms in total. The van der Waals surface area contributed by atoms with Crippen LogP contribution in [0.2, 0.25) is 0 Å². The van der Waals surface area contributed by atoms with Crippen molar-refractivity contribution in [3.8, 4) is 0 Å². The number of carbonyl (C=O) groups excluding carboxylic acids is 1. The Morgan fingerprint density at radius 3 is 3.25 bits per heavy atom. The molecule has 1 N–H and O–H groups in total. The standard InChI is InChI=1S/C3H3N3O2/c7-1-4-3-5-2-8-6-3/h1-2H,(H,4,6,7). The largest absolute Gasteiger partial charge is 0.341 e. The van der Waals surface area contributed by atoms with Gasteiger partial charge in [0.1, 0.15) is 0 Å². The van der Waals surface area contributed by atoms with E-state index in [9.17, 15) is 4.79 Å². The van der Waals surface area contributed by atoms with Gasteiger partial charge in [-0.1, -0.05) is 0 Å². The van der Waals surface area contributed by atoms with Crippen LogP contribution in [0.4, 0.5) is 5.95 Å². The van der Waals surface area contributed by atoms with Crippen molar-refractivity contribution in [3.05, 3.63) is 6.39 Å². The van der Waals surface area contributed by atoms with Gasteiger partial charge in [0.05, 0.1) is 0 Å². The maximum Gasteiger partial charge on any atom is 0.269 e. The molecule has 0 unspecified atom stereocenters. The maximum absolute atomic E-state index is 9.64. The average Bonchev–Trinajstić information content (AvgIpc) is 2.19. The Labute approximate surface area is 44.7 Å². The summed E-state index contributed by atoms with van der Waals surface area (Å²) in [6.45, 7) is 0. The van der Waals surface area contributed by atoms with Crippen LogP contribution >= 0.6 is 0 Å². The molecule has 0 aromatic carbocycles. The third-order valence-corrected chi connectivity index (χ3v) is 0.549. The second-order valence-corrected chi connectivity index (χ2v) is 1.02. The molecule has 0 saturated carbocycles. The zero-order valence-corrected chi connectivity index (χ0v) is 3.87. The second kappa shape index (κ2) is 2.06. The molecule has 42 valence electrons. The Morgan fingerprint density at radius 2 is 2.75 bits per heavy atom. The topological polar surface area (TPSA) is 68.0 Å². The summed E-state index contributed by atoms with van der Waals surface area (Å²) in [6, 6.07) is 0. The molecule has 5 heteroatoms. The molecule has 1 aromatic rings. The lowest BCUT2D eigenvalue weighted by atomic mass is 11.0. The van der Waals surface area contributed by atoms with E-state index in [0.29, 0.717) is 6.41 Å². The van der Waals surface area contributed by atoms with E-state index in [1.54, 1.807) is 0 Å². The van der Waals surface area contributed by atoms with Crippen LogP contribution in [0.3, 0.4) is 0 Å². The first-order valence-electron chi connectivity index (χ1n) is 1.90. The van der Waals surface area contributed by atoms with Crippen molar-refractivity contribution >= 4 is 12.4 Å². The van der Waals surface area contributed by atoms with E-state index in [2.05, 4.69) is 20.0 Å². The summed E-state index contributed by atoms with van der Waals surface area (Å²) in [5, 5.41) is 5.47. The lowest BCUT2D eigenvalue weighted by Gasteiger charge is -1.79. The summed E-state index contributed by atoms with van der Waals surface area (Å²) in [5.41, 5.74) is 0. The average molecular weight is 113 g/mol. The molecule has 0 spiro atoms. The van der Waals surface area contributed by atoms with E-state index in [1.807, 2.05) is 0 Å². The summed E-state index contributed by atoms with van der Waals surface area (Å²) in [5.74, 6) is 0.181. The fraction of sp³-hybridized carbons (Fsp3) is 0. The molecule has 0 aliphatic carbocycles. The van der Waals surface area contributed by atoms with Gasteiger partial charge in [0, 0.05) is 0 Å². The molecular formula is C3H3N3O2. The third kappa shape index (κ3) is 0.810. The van der Waals surface area contributed by atoms with E-state index in [0.717, 1.165) is 6.39 Å². The maximum atomic E-state index is 9.64. The van der Waals surface area contributed by atoms with Crippen LogP contribution in [-0.4, -0.2) is 16.6 Å². The molecule has 8 heavy (non-hydrogen) atoms.